The molecule has 2 aromatic rings. The maximum Gasteiger partial charge on any atom is 0.227 e. The monoisotopic (exact) mass is 358 g/mol. The molecular formula is C19H26N4OS. The van der Waals surface area contributed by atoms with Crippen LogP contribution < -0.4 is 10.6 Å². The van der Waals surface area contributed by atoms with Gasteiger partial charge in [0.25, 0.3) is 0 Å². The molecule has 0 bridgehead atoms. The number of carbonyl (C=O) groups excluding carboxylic acids is 1. The molecule has 1 aliphatic heterocycles. The van der Waals surface area contributed by atoms with Crippen molar-refractivity contribution in [1.82, 2.24) is 15.1 Å². The quantitative estimate of drug-likeness (QED) is 0.861. The third-order valence-corrected chi connectivity index (χ3v) is 5.43. The van der Waals surface area contributed by atoms with Gasteiger partial charge in [0, 0.05) is 36.6 Å². The zero-order chi connectivity index (χ0) is 17.8. The van der Waals surface area contributed by atoms with Gasteiger partial charge < -0.3 is 10.6 Å². The summed E-state index contributed by atoms with van der Waals surface area (Å²) in [6, 6.07) is 10.4. The Hall–Kier alpha value is -1.79. The minimum Gasteiger partial charge on any atom is -0.312 e. The van der Waals surface area contributed by atoms with Crippen LogP contribution in [-0.4, -0.2) is 39.8 Å². The first-order valence-electron chi connectivity index (χ1n) is 8.81. The second-order valence-electron chi connectivity index (χ2n) is 6.83. The van der Waals surface area contributed by atoms with Crippen molar-refractivity contribution < 1.29 is 4.79 Å². The molecule has 1 amide bonds. The topological polar surface area (TPSA) is 59.0 Å². The van der Waals surface area contributed by atoms with Crippen molar-refractivity contribution in [2.75, 3.05) is 23.4 Å². The largest absolute Gasteiger partial charge is 0.312 e. The molecule has 1 atom stereocenters. The van der Waals surface area contributed by atoms with Crippen LogP contribution >= 0.6 is 11.8 Å². The SMILES string of the molecule is Cc1ccc(-n2nc(C(C)C)cc2NC(=O)CC2CSCCN2)cc1. The number of nitrogens with one attached hydrogen (secondary N) is 2. The molecule has 2 heterocycles. The third kappa shape index (κ3) is 4.64. The molecule has 0 spiro atoms. The number of anilines is 1. The van der Waals surface area contributed by atoms with Crippen molar-refractivity contribution >= 4 is 23.5 Å². The number of aryl methyl sites for hydroxylation is 1. The van der Waals surface area contributed by atoms with E-state index in [1.54, 1.807) is 0 Å². The summed E-state index contributed by atoms with van der Waals surface area (Å²) in [5, 5.41) is 11.2. The summed E-state index contributed by atoms with van der Waals surface area (Å²) in [4.78, 5) is 12.5. The summed E-state index contributed by atoms with van der Waals surface area (Å²) in [6.07, 6.45) is 0.489. The first-order chi connectivity index (χ1) is 12.0. The molecule has 1 aromatic heterocycles. The van der Waals surface area contributed by atoms with Crippen molar-refractivity contribution in [3.05, 3.63) is 41.6 Å². The number of hydrogen-bond acceptors (Lipinski definition) is 4. The average molecular weight is 359 g/mol. The van der Waals surface area contributed by atoms with Gasteiger partial charge in [-0.2, -0.15) is 16.9 Å². The van der Waals surface area contributed by atoms with Crippen LogP contribution in [0.1, 0.15) is 37.4 Å². The molecule has 1 saturated heterocycles. The minimum absolute atomic E-state index is 0.0311. The third-order valence-electron chi connectivity index (χ3n) is 4.30. The normalized spacial score (nSPS) is 17.7. The van der Waals surface area contributed by atoms with Gasteiger partial charge in [0.15, 0.2) is 0 Å². The molecule has 1 aromatic carbocycles. The smallest absolute Gasteiger partial charge is 0.227 e. The molecule has 1 aliphatic rings. The lowest BCUT2D eigenvalue weighted by Crippen LogP contribution is -2.40. The number of carbonyl (C=O) groups is 1. The highest BCUT2D eigenvalue weighted by Crippen LogP contribution is 2.23. The fourth-order valence-corrected chi connectivity index (χ4v) is 3.77. The lowest BCUT2D eigenvalue weighted by Gasteiger charge is -2.22. The van der Waals surface area contributed by atoms with Crippen LogP contribution in [0.2, 0.25) is 0 Å². The molecule has 3 rings (SSSR count). The van der Waals surface area contributed by atoms with E-state index in [1.807, 2.05) is 34.6 Å². The van der Waals surface area contributed by atoms with E-state index in [0.717, 1.165) is 35.2 Å². The van der Waals surface area contributed by atoms with E-state index in [2.05, 4.69) is 43.5 Å². The summed E-state index contributed by atoms with van der Waals surface area (Å²) in [7, 11) is 0. The fraction of sp³-hybridized carbons (Fsp3) is 0.474. The molecule has 6 heteroatoms. The van der Waals surface area contributed by atoms with Crippen LogP contribution in [0.15, 0.2) is 30.3 Å². The van der Waals surface area contributed by atoms with Gasteiger partial charge in [-0.1, -0.05) is 31.5 Å². The Kier molecular flexibility index (Phi) is 5.81. The van der Waals surface area contributed by atoms with Gasteiger partial charge in [0.1, 0.15) is 5.82 Å². The number of amides is 1. The standard InChI is InChI=1S/C19H26N4OS/c1-13(2)17-11-18(21-19(24)10-15-12-25-9-8-20-15)23(22-17)16-6-4-14(3)5-7-16/h4-7,11,13,15,20H,8-10,12H2,1-3H3,(H,21,24). The molecule has 0 radical (unpaired) electrons. The Morgan fingerprint density at radius 3 is 2.80 bits per heavy atom. The highest BCUT2D eigenvalue weighted by molar-refractivity contribution is 7.99. The van der Waals surface area contributed by atoms with Crippen LogP contribution in [0.25, 0.3) is 5.69 Å². The first kappa shape index (κ1) is 18.0. The molecule has 1 unspecified atom stereocenters. The van der Waals surface area contributed by atoms with Gasteiger partial charge in [-0.25, -0.2) is 4.68 Å². The van der Waals surface area contributed by atoms with E-state index in [1.165, 1.54) is 5.56 Å². The molecule has 0 saturated carbocycles. The Labute approximate surface area is 153 Å². The van der Waals surface area contributed by atoms with Crippen molar-refractivity contribution in [2.24, 2.45) is 0 Å². The Morgan fingerprint density at radius 1 is 1.40 bits per heavy atom. The van der Waals surface area contributed by atoms with E-state index in [9.17, 15) is 4.79 Å². The lowest BCUT2D eigenvalue weighted by atomic mass is 10.1. The van der Waals surface area contributed by atoms with Crippen molar-refractivity contribution in [1.29, 1.82) is 0 Å². The van der Waals surface area contributed by atoms with Crippen LogP contribution in [0.3, 0.4) is 0 Å². The van der Waals surface area contributed by atoms with Crippen LogP contribution in [0.4, 0.5) is 5.82 Å². The summed E-state index contributed by atoms with van der Waals surface area (Å²) in [6.45, 7) is 7.25. The molecule has 134 valence electrons. The summed E-state index contributed by atoms with van der Waals surface area (Å²) >= 11 is 1.90. The highest BCUT2D eigenvalue weighted by Gasteiger charge is 2.19. The van der Waals surface area contributed by atoms with Gasteiger partial charge in [-0.05, 0) is 25.0 Å². The van der Waals surface area contributed by atoms with Gasteiger partial charge >= 0.3 is 0 Å². The number of nitrogens with zero attached hydrogens (tertiary/aromatic N) is 2. The predicted octanol–water partition coefficient (Wildman–Crippen LogP) is 3.34. The van der Waals surface area contributed by atoms with Crippen LogP contribution in [0, 0.1) is 6.92 Å². The number of thioether (sulfide) groups is 1. The van der Waals surface area contributed by atoms with Crippen molar-refractivity contribution in [3.8, 4) is 5.69 Å². The molecule has 25 heavy (non-hydrogen) atoms. The van der Waals surface area contributed by atoms with Crippen LogP contribution in [0.5, 0.6) is 0 Å². The second kappa shape index (κ2) is 8.06. The minimum atomic E-state index is 0.0311. The summed E-state index contributed by atoms with van der Waals surface area (Å²) in [5.74, 6) is 3.18. The summed E-state index contributed by atoms with van der Waals surface area (Å²) < 4.78 is 1.83. The zero-order valence-electron chi connectivity index (χ0n) is 15.1. The zero-order valence-corrected chi connectivity index (χ0v) is 15.9. The van der Waals surface area contributed by atoms with E-state index in [4.69, 9.17) is 5.10 Å². The van der Waals surface area contributed by atoms with Gasteiger partial charge in [-0.3, -0.25) is 4.79 Å². The molecule has 2 N–H and O–H groups in total. The van der Waals surface area contributed by atoms with Crippen molar-refractivity contribution in [2.45, 2.75) is 39.2 Å². The number of hydrogen-bond donors (Lipinski definition) is 2. The Bertz CT molecular complexity index is 718. The number of benzene rings is 1. The molecule has 0 aliphatic carbocycles. The highest BCUT2D eigenvalue weighted by atomic mass is 32.2. The van der Waals surface area contributed by atoms with Gasteiger partial charge in [-0.15, -0.1) is 0 Å². The van der Waals surface area contributed by atoms with Crippen molar-refractivity contribution in [3.63, 3.8) is 0 Å². The first-order valence-corrected chi connectivity index (χ1v) is 9.96. The van der Waals surface area contributed by atoms with E-state index < -0.39 is 0 Å². The fourth-order valence-electron chi connectivity index (χ4n) is 2.82. The average Bonchev–Trinajstić information content (AvgIpc) is 3.00. The predicted molar refractivity (Wildman–Crippen MR) is 105 cm³/mol. The maximum atomic E-state index is 12.5. The lowest BCUT2D eigenvalue weighted by molar-refractivity contribution is -0.116. The maximum absolute atomic E-state index is 12.5. The van der Waals surface area contributed by atoms with Crippen LogP contribution in [-0.2, 0) is 4.79 Å². The van der Waals surface area contributed by atoms with E-state index in [-0.39, 0.29) is 11.9 Å². The molecule has 1 fully saturated rings. The van der Waals surface area contributed by atoms with E-state index in [0.29, 0.717) is 12.3 Å². The number of rotatable bonds is 5. The second-order valence-corrected chi connectivity index (χ2v) is 7.98. The van der Waals surface area contributed by atoms with Gasteiger partial charge in [0.2, 0.25) is 5.91 Å². The van der Waals surface area contributed by atoms with Gasteiger partial charge in [0.05, 0.1) is 11.4 Å². The Balaban J connectivity index is 1.79. The molecular weight excluding hydrogens is 332 g/mol. The summed E-state index contributed by atoms with van der Waals surface area (Å²) in [5.41, 5.74) is 3.13. The number of aromatic nitrogens is 2. The van der Waals surface area contributed by atoms with E-state index >= 15 is 0 Å². The molecule has 5 nitrogen and oxygen atoms in total. The Morgan fingerprint density at radius 2 is 2.16 bits per heavy atom.